The highest BCUT2D eigenvalue weighted by Crippen LogP contribution is 2.34. The lowest BCUT2D eigenvalue weighted by Gasteiger charge is -2.13. The smallest absolute Gasteiger partial charge is 0.416 e. The molecular formula is C22H16F3N3O. The fraction of sp³-hybridized carbons (Fsp3) is 0.0909. The van der Waals surface area contributed by atoms with Gasteiger partial charge in [-0.1, -0.05) is 30.3 Å². The van der Waals surface area contributed by atoms with Crippen molar-refractivity contribution in [3.05, 3.63) is 78.4 Å². The minimum absolute atomic E-state index is 0.288. The van der Waals surface area contributed by atoms with Crippen molar-refractivity contribution >= 4 is 22.3 Å². The SMILES string of the molecule is COc1ccc(-c2nnc(Nc3cccc(C(F)(F)F)c3)c3ccccc23)cc1. The Morgan fingerprint density at radius 3 is 2.24 bits per heavy atom. The number of rotatable bonds is 4. The van der Waals surface area contributed by atoms with Crippen molar-refractivity contribution in [1.29, 1.82) is 0 Å². The van der Waals surface area contributed by atoms with Crippen molar-refractivity contribution in [3.8, 4) is 17.0 Å². The molecule has 0 amide bonds. The maximum absolute atomic E-state index is 13.0. The number of ether oxygens (including phenoxy) is 1. The molecule has 0 aliphatic carbocycles. The summed E-state index contributed by atoms with van der Waals surface area (Å²) < 4.78 is 44.2. The maximum atomic E-state index is 13.0. The van der Waals surface area contributed by atoms with Crippen molar-refractivity contribution in [1.82, 2.24) is 10.2 Å². The highest BCUT2D eigenvalue weighted by molar-refractivity contribution is 6.00. The zero-order valence-corrected chi connectivity index (χ0v) is 15.4. The van der Waals surface area contributed by atoms with Gasteiger partial charge in [-0.3, -0.25) is 0 Å². The Balaban J connectivity index is 1.76. The van der Waals surface area contributed by atoms with E-state index >= 15 is 0 Å². The summed E-state index contributed by atoms with van der Waals surface area (Å²) in [4.78, 5) is 0. The molecule has 0 fully saturated rings. The van der Waals surface area contributed by atoms with Crippen LogP contribution in [-0.4, -0.2) is 17.3 Å². The van der Waals surface area contributed by atoms with Crippen LogP contribution in [0, 0.1) is 0 Å². The van der Waals surface area contributed by atoms with Gasteiger partial charge in [0.15, 0.2) is 5.82 Å². The van der Waals surface area contributed by atoms with Gasteiger partial charge in [0.1, 0.15) is 11.4 Å². The third-order valence-electron chi connectivity index (χ3n) is 4.50. The first-order valence-electron chi connectivity index (χ1n) is 8.80. The Morgan fingerprint density at radius 1 is 0.828 bits per heavy atom. The summed E-state index contributed by atoms with van der Waals surface area (Å²) >= 11 is 0. The van der Waals surface area contributed by atoms with Gasteiger partial charge in [-0.05, 0) is 42.5 Å². The molecule has 7 heteroatoms. The summed E-state index contributed by atoms with van der Waals surface area (Å²) in [5.74, 6) is 1.12. The zero-order chi connectivity index (χ0) is 20.4. The number of nitrogens with one attached hydrogen (secondary N) is 1. The highest BCUT2D eigenvalue weighted by atomic mass is 19.4. The van der Waals surface area contributed by atoms with Crippen LogP contribution in [-0.2, 0) is 6.18 Å². The molecule has 0 bridgehead atoms. The Labute approximate surface area is 165 Å². The second kappa shape index (κ2) is 7.43. The lowest BCUT2D eigenvalue weighted by atomic mass is 10.0. The largest absolute Gasteiger partial charge is 0.497 e. The van der Waals surface area contributed by atoms with Crippen LogP contribution in [0.4, 0.5) is 24.7 Å². The number of alkyl halides is 3. The van der Waals surface area contributed by atoms with Crippen LogP contribution in [0.5, 0.6) is 5.75 Å². The van der Waals surface area contributed by atoms with Gasteiger partial charge in [-0.15, -0.1) is 10.2 Å². The molecule has 146 valence electrons. The zero-order valence-electron chi connectivity index (χ0n) is 15.4. The maximum Gasteiger partial charge on any atom is 0.416 e. The molecule has 29 heavy (non-hydrogen) atoms. The minimum Gasteiger partial charge on any atom is -0.497 e. The average Bonchev–Trinajstić information content (AvgIpc) is 2.74. The molecule has 0 aliphatic heterocycles. The first-order valence-corrected chi connectivity index (χ1v) is 8.80. The van der Waals surface area contributed by atoms with E-state index in [4.69, 9.17) is 4.74 Å². The Bertz CT molecular complexity index is 1160. The predicted octanol–water partition coefficient (Wildman–Crippen LogP) is 6.07. The molecule has 1 N–H and O–H groups in total. The summed E-state index contributed by atoms with van der Waals surface area (Å²) in [5.41, 5.74) is 1.10. The molecule has 4 rings (SSSR count). The van der Waals surface area contributed by atoms with Gasteiger partial charge in [0.2, 0.25) is 0 Å². The summed E-state index contributed by atoms with van der Waals surface area (Å²) in [6, 6.07) is 19.9. The first-order chi connectivity index (χ1) is 14.0. The molecule has 0 saturated heterocycles. The number of hydrogen-bond acceptors (Lipinski definition) is 4. The van der Waals surface area contributed by atoms with Gasteiger partial charge in [0, 0.05) is 22.0 Å². The van der Waals surface area contributed by atoms with Crippen molar-refractivity contribution in [2.24, 2.45) is 0 Å². The molecule has 0 saturated carbocycles. The summed E-state index contributed by atoms with van der Waals surface area (Å²) in [7, 11) is 1.60. The predicted molar refractivity (Wildman–Crippen MR) is 106 cm³/mol. The lowest BCUT2D eigenvalue weighted by Crippen LogP contribution is -2.05. The molecule has 4 aromatic rings. The topological polar surface area (TPSA) is 47.0 Å². The van der Waals surface area contributed by atoms with Crippen molar-refractivity contribution in [3.63, 3.8) is 0 Å². The molecule has 1 aromatic heterocycles. The fourth-order valence-corrected chi connectivity index (χ4v) is 3.07. The van der Waals surface area contributed by atoms with Gasteiger partial charge in [0.05, 0.1) is 12.7 Å². The highest BCUT2D eigenvalue weighted by Gasteiger charge is 2.30. The van der Waals surface area contributed by atoms with Gasteiger partial charge >= 0.3 is 6.18 Å². The molecule has 0 spiro atoms. The van der Waals surface area contributed by atoms with Crippen LogP contribution in [0.3, 0.4) is 0 Å². The Hall–Kier alpha value is -3.61. The number of hydrogen-bond donors (Lipinski definition) is 1. The number of benzene rings is 3. The third kappa shape index (κ3) is 3.85. The molecule has 4 nitrogen and oxygen atoms in total. The lowest BCUT2D eigenvalue weighted by molar-refractivity contribution is -0.137. The number of fused-ring (bicyclic) bond motifs is 1. The van der Waals surface area contributed by atoms with E-state index in [0.717, 1.165) is 34.2 Å². The van der Waals surface area contributed by atoms with E-state index in [9.17, 15) is 13.2 Å². The Morgan fingerprint density at radius 2 is 1.55 bits per heavy atom. The average molecular weight is 395 g/mol. The summed E-state index contributed by atoms with van der Waals surface area (Å²) in [6.45, 7) is 0. The van der Waals surface area contributed by atoms with E-state index < -0.39 is 11.7 Å². The molecule has 0 aliphatic rings. The normalized spacial score (nSPS) is 11.4. The second-order valence-corrected chi connectivity index (χ2v) is 6.37. The van der Waals surface area contributed by atoms with E-state index in [-0.39, 0.29) is 5.69 Å². The van der Waals surface area contributed by atoms with Crippen LogP contribution in [0.1, 0.15) is 5.56 Å². The van der Waals surface area contributed by atoms with Crippen LogP contribution in [0.15, 0.2) is 72.8 Å². The van der Waals surface area contributed by atoms with Crippen LogP contribution in [0.25, 0.3) is 22.0 Å². The number of halogens is 3. The van der Waals surface area contributed by atoms with E-state index in [1.807, 2.05) is 48.5 Å². The van der Waals surface area contributed by atoms with E-state index in [2.05, 4.69) is 15.5 Å². The van der Waals surface area contributed by atoms with E-state index in [1.165, 1.54) is 6.07 Å². The van der Waals surface area contributed by atoms with Crippen molar-refractivity contribution < 1.29 is 17.9 Å². The van der Waals surface area contributed by atoms with Gasteiger partial charge in [-0.2, -0.15) is 13.2 Å². The number of nitrogens with zero attached hydrogens (tertiary/aromatic N) is 2. The Kier molecular flexibility index (Phi) is 4.80. The standard InChI is InChI=1S/C22H16F3N3O/c1-29-17-11-9-14(10-12-17)20-18-7-2-3-8-19(18)21(28-27-20)26-16-6-4-5-15(13-16)22(23,24)25/h2-13H,1H3,(H,26,28). The first kappa shape index (κ1) is 18.7. The fourth-order valence-electron chi connectivity index (χ4n) is 3.07. The molecule has 0 radical (unpaired) electrons. The van der Waals surface area contributed by atoms with Gasteiger partial charge < -0.3 is 10.1 Å². The monoisotopic (exact) mass is 395 g/mol. The molecule has 3 aromatic carbocycles. The molecule has 0 unspecified atom stereocenters. The second-order valence-electron chi connectivity index (χ2n) is 6.37. The van der Waals surface area contributed by atoms with Crippen LogP contribution >= 0.6 is 0 Å². The molecular weight excluding hydrogens is 379 g/mol. The van der Waals surface area contributed by atoms with E-state index in [1.54, 1.807) is 13.2 Å². The number of methoxy groups -OCH3 is 1. The van der Waals surface area contributed by atoms with Gasteiger partial charge in [-0.25, -0.2) is 0 Å². The quantitative estimate of drug-likeness (QED) is 0.456. The minimum atomic E-state index is -4.41. The summed E-state index contributed by atoms with van der Waals surface area (Å²) in [5, 5.41) is 13.1. The number of anilines is 2. The van der Waals surface area contributed by atoms with Crippen LogP contribution < -0.4 is 10.1 Å². The van der Waals surface area contributed by atoms with Crippen molar-refractivity contribution in [2.45, 2.75) is 6.18 Å². The van der Waals surface area contributed by atoms with Gasteiger partial charge in [0.25, 0.3) is 0 Å². The number of aromatic nitrogens is 2. The molecule has 1 heterocycles. The van der Waals surface area contributed by atoms with Crippen molar-refractivity contribution in [2.75, 3.05) is 12.4 Å². The molecule has 0 atom stereocenters. The van der Waals surface area contributed by atoms with E-state index in [0.29, 0.717) is 11.5 Å². The van der Waals surface area contributed by atoms with Crippen LogP contribution in [0.2, 0.25) is 0 Å². The summed E-state index contributed by atoms with van der Waals surface area (Å²) in [6.07, 6.45) is -4.41. The third-order valence-corrected chi connectivity index (χ3v) is 4.50.